The lowest BCUT2D eigenvalue weighted by Gasteiger charge is -2.09. The van der Waals surface area contributed by atoms with Crippen LogP contribution in [0.2, 0.25) is 0 Å². The molecule has 6 heteroatoms. The molecule has 0 saturated carbocycles. The van der Waals surface area contributed by atoms with Gasteiger partial charge in [0.2, 0.25) is 0 Å². The molecule has 0 aliphatic heterocycles. The molecule has 2 aromatic rings. The Hall–Kier alpha value is -2.63. The van der Waals surface area contributed by atoms with E-state index in [1.807, 2.05) is 0 Å². The van der Waals surface area contributed by atoms with Gasteiger partial charge in [0.15, 0.2) is 5.82 Å². The highest BCUT2D eigenvalue weighted by molar-refractivity contribution is 5.96. The molecule has 0 amide bonds. The molecule has 0 atom stereocenters. The minimum atomic E-state index is -1.08. The number of aromatic carboxylic acids is 1. The SMILES string of the molecule is Nc1c(C(=O)O)ccnc1Nc1cccnc1. The topological polar surface area (TPSA) is 101 Å². The Morgan fingerprint density at radius 3 is 2.82 bits per heavy atom. The second-order valence-corrected chi connectivity index (χ2v) is 3.29. The standard InChI is InChI=1S/C11H10N4O2/c12-9-8(11(16)17)3-5-14-10(9)15-7-2-1-4-13-6-7/h1-6H,12H2,(H,14,15)(H,16,17). The van der Waals surface area contributed by atoms with Crippen LogP contribution in [-0.4, -0.2) is 21.0 Å². The van der Waals surface area contributed by atoms with Gasteiger partial charge >= 0.3 is 5.97 Å². The summed E-state index contributed by atoms with van der Waals surface area (Å²) < 4.78 is 0. The van der Waals surface area contributed by atoms with Gasteiger partial charge in [-0.2, -0.15) is 0 Å². The van der Waals surface area contributed by atoms with Crippen LogP contribution < -0.4 is 11.1 Å². The van der Waals surface area contributed by atoms with Crippen molar-refractivity contribution in [1.82, 2.24) is 9.97 Å². The highest BCUT2D eigenvalue weighted by atomic mass is 16.4. The molecule has 0 bridgehead atoms. The first-order valence-electron chi connectivity index (χ1n) is 4.83. The lowest BCUT2D eigenvalue weighted by molar-refractivity contribution is 0.0698. The van der Waals surface area contributed by atoms with Gasteiger partial charge in [-0.05, 0) is 18.2 Å². The predicted octanol–water partition coefficient (Wildman–Crippen LogP) is 1.50. The summed E-state index contributed by atoms with van der Waals surface area (Å²) in [6, 6.07) is 4.88. The number of nitrogen functional groups attached to an aromatic ring is 1. The Bertz CT molecular complexity index is 542. The number of anilines is 3. The maximum Gasteiger partial charge on any atom is 0.337 e. The highest BCUT2D eigenvalue weighted by Gasteiger charge is 2.12. The van der Waals surface area contributed by atoms with Gasteiger partial charge in [0.1, 0.15) is 0 Å². The lowest BCUT2D eigenvalue weighted by Crippen LogP contribution is -2.07. The molecule has 0 saturated heterocycles. The molecular weight excluding hydrogens is 220 g/mol. The van der Waals surface area contributed by atoms with Crippen LogP contribution in [0.15, 0.2) is 36.8 Å². The molecule has 17 heavy (non-hydrogen) atoms. The summed E-state index contributed by atoms with van der Waals surface area (Å²) in [5.74, 6) is -0.781. The zero-order valence-electron chi connectivity index (χ0n) is 8.79. The average molecular weight is 230 g/mol. The molecule has 2 rings (SSSR count). The van der Waals surface area contributed by atoms with E-state index in [9.17, 15) is 4.79 Å². The molecule has 0 aromatic carbocycles. The second kappa shape index (κ2) is 4.48. The van der Waals surface area contributed by atoms with Crippen LogP contribution in [0, 0.1) is 0 Å². The summed E-state index contributed by atoms with van der Waals surface area (Å²) in [4.78, 5) is 18.8. The number of carboxylic acids is 1. The Morgan fingerprint density at radius 1 is 1.35 bits per heavy atom. The summed E-state index contributed by atoms with van der Waals surface area (Å²) >= 11 is 0. The van der Waals surface area contributed by atoms with E-state index < -0.39 is 5.97 Å². The molecule has 0 spiro atoms. The number of nitrogens with two attached hydrogens (primary N) is 1. The number of carbonyl (C=O) groups is 1. The number of pyridine rings is 2. The molecular formula is C11H10N4O2. The summed E-state index contributed by atoms with van der Waals surface area (Å²) in [5, 5.41) is 11.8. The lowest BCUT2D eigenvalue weighted by atomic mass is 10.2. The molecule has 6 nitrogen and oxygen atoms in total. The van der Waals surface area contributed by atoms with E-state index in [-0.39, 0.29) is 11.3 Å². The third-order valence-electron chi connectivity index (χ3n) is 2.14. The van der Waals surface area contributed by atoms with Gasteiger partial charge in [0.05, 0.1) is 23.1 Å². The fraction of sp³-hybridized carbons (Fsp3) is 0. The fourth-order valence-corrected chi connectivity index (χ4v) is 1.33. The van der Waals surface area contributed by atoms with Crippen molar-refractivity contribution in [3.63, 3.8) is 0 Å². The molecule has 0 aliphatic carbocycles. The number of nitrogens with zero attached hydrogens (tertiary/aromatic N) is 2. The zero-order chi connectivity index (χ0) is 12.3. The van der Waals surface area contributed by atoms with Crippen LogP contribution in [-0.2, 0) is 0 Å². The molecule has 2 aromatic heterocycles. The van der Waals surface area contributed by atoms with Gasteiger partial charge in [-0.25, -0.2) is 9.78 Å². The first-order chi connectivity index (χ1) is 8.18. The monoisotopic (exact) mass is 230 g/mol. The van der Waals surface area contributed by atoms with Gasteiger partial charge in [-0.1, -0.05) is 0 Å². The minimum absolute atomic E-state index is 0.0198. The number of aromatic nitrogens is 2. The number of rotatable bonds is 3. The fourth-order valence-electron chi connectivity index (χ4n) is 1.33. The molecule has 4 N–H and O–H groups in total. The summed E-state index contributed by atoms with van der Waals surface area (Å²) in [7, 11) is 0. The van der Waals surface area contributed by atoms with Crippen molar-refractivity contribution >= 4 is 23.2 Å². The summed E-state index contributed by atoms with van der Waals surface area (Å²) in [5.41, 5.74) is 6.52. The van der Waals surface area contributed by atoms with E-state index in [4.69, 9.17) is 10.8 Å². The third kappa shape index (κ3) is 2.31. The third-order valence-corrected chi connectivity index (χ3v) is 2.14. The van der Waals surface area contributed by atoms with Crippen molar-refractivity contribution < 1.29 is 9.90 Å². The Labute approximate surface area is 97.1 Å². The van der Waals surface area contributed by atoms with E-state index in [0.29, 0.717) is 11.5 Å². The number of hydrogen-bond acceptors (Lipinski definition) is 5. The molecule has 86 valence electrons. The smallest absolute Gasteiger partial charge is 0.337 e. The normalized spacial score (nSPS) is 9.88. The van der Waals surface area contributed by atoms with Crippen molar-refractivity contribution in [2.45, 2.75) is 0 Å². The summed E-state index contributed by atoms with van der Waals surface area (Å²) in [6.45, 7) is 0. The van der Waals surface area contributed by atoms with Gasteiger partial charge in [0, 0.05) is 12.4 Å². The Morgan fingerprint density at radius 2 is 2.18 bits per heavy atom. The minimum Gasteiger partial charge on any atom is -0.478 e. The van der Waals surface area contributed by atoms with Crippen molar-refractivity contribution in [2.75, 3.05) is 11.1 Å². The van der Waals surface area contributed by atoms with Gasteiger partial charge < -0.3 is 16.2 Å². The second-order valence-electron chi connectivity index (χ2n) is 3.29. The van der Waals surface area contributed by atoms with Crippen LogP contribution in [0.4, 0.5) is 17.2 Å². The predicted molar refractivity (Wildman–Crippen MR) is 63.1 cm³/mol. The van der Waals surface area contributed by atoms with Crippen LogP contribution in [0.3, 0.4) is 0 Å². The maximum absolute atomic E-state index is 10.9. The van der Waals surface area contributed by atoms with E-state index in [1.54, 1.807) is 24.5 Å². The zero-order valence-corrected chi connectivity index (χ0v) is 8.79. The van der Waals surface area contributed by atoms with E-state index in [1.165, 1.54) is 12.3 Å². The summed E-state index contributed by atoms with van der Waals surface area (Å²) in [6.07, 6.45) is 4.61. The van der Waals surface area contributed by atoms with Crippen LogP contribution in [0.5, 0.6) is 0 Å². The number of hydrogen-bond donors (Lipinski definition) is 3. The van der Waals surface area contributed by atoms with E-state index in [0.717, 1.165) is 0 Å². The number of nitrogens with one attached hydrogen (secondary N) is 1. The average Bonchev–Trinajstić information content (AvgIpc) is 2.33. The highest BCUT2D eigenvalue weighted by Crippen LogP contribution is 2.23. The van der Waals surface area contributed by atoms with Crippen molar-refractivity contribution in [1.29, 1.82) is 0 Å². The molecule has 2 heterocycles. The first-order valence-corrected chi connectivity index (χ1v) is 4.83. The molecule has 0 radical (unpaired) electrons. The Balaban J connectivity index is 2.34. The molecule has 0 aliphatic rings. The maximum atomic E-state index is 10.9. The largest absolute Gasteiger partial charge is 0.478 e. The van der Waals surface area contributed by atoms with E-state index in [2.05, 4.69) is 15.3 Å². The first kappa shape index (κ1) is 10.9. The van der Waals surface area contributed by atoms with Gasteiger partial charge in [-0.3, -0.25) is 4.98 Å². The molecule has 0 unspecified atom stereocenters. The van der Waals surface area contributed by atoms with Gasteiger partial charge in [0.25, 0.3) is 0 Å². The van der Waals surface area contributed by atoms with Crippen molar-refractivity contribution in [3.05, 3.63) is 42.4 Å². The van der Waals surface area contributed by atoms with Crippen LogP contribution in [0.25, 0.3) is 0 Å². The Kier molecular flexibility index (Phi) is 2.87. The number of carboxylic acid groups (broad SMARTS) is 1. The van der Waals surface area contributed by atoms with E-state index >= 15 is 0 Å². The van der Waals surface area contributed by atoms with Crippen LogP contribution in [0.1, 0.15) is 10.4 Å². The quantitative estimate of drug-likeness (QED) is 0.738. The van der Waals surface area contributed by atoms with Crippen molar-refractivity contribution in [3.8, 4) is 0 Å². The van der Waals surface area contributed by atoms with Crippen molar-refractivity contribution in [2.24, 2.45) is 0 Å². The van der Waals surface area contributed by atoms with Gasteiger partial charge in [-0.15, -0.1) is 0 Å². The molecule has 0 fully saturated rings. The van der Waals surface area contributed by atoms with Crippen LogP contribution >= 0.6 is 0 Å².